The van der Waals surface area contributed by atoms with Crippen molar-refractivity contribution < 1.29 is 13.2 Å². The monoisotopic (exact) mass is 759 g/mol. The molecule has 4 aromatic rings. The minimum atomic E-state index is -3.41. The van der Waals surface area contributed by atoms with E-state index in [9.17, 15) is 18.0 Å². The molecule has 0 spiro atoms. The number of aromatic nitrogens is 3. The van der Waals surface area contributed by atoms with E-state index in [0.717, 1.165) is 42.6 Å². The van der Waals surface area contributed by atoms with Crippen LogP contribution in [-0.2, 0) is 20.9 Å². The minimum absolute atomic E-state index is 0.0328. The summed E-state index contributed by atoms with van der Waals surface area (Å²) >= 11 is 0. The number of H-pyrrole nitrogens is 1. The number of hydrogen-bond acceptors (Lipinski definition) is 7. The Labute approximate surface area is 319 Å². The van der Waals surface area contributed by atoms with Crippen LogP contribution in [0.5, 0.6) is 0 Å². The molecule has 1 amide bonds. The number of aliphatic imine (C=N–C) groups is 1. The van der Waals surface area contributed by atoms with Gasteiger partial charge in [-0.2, -0.15) is 9.29 Å². The van der Waals surface area contributed by atoms with Crippen LogP contribution in [0.25, 0.3) is 16.7 Å². The van der Waals surface area contributed by atoms with Crippen molar-refractivity contribution in [2.24, 2.45) is 22.4 Å². The van der Waals surface area contributed by atoms with Crippen molar-refractivity contribution >= 4 is 32.9 Å². The molecule has 6 rings (SSSR count). The Kier molecular flexibility index (Phi) is 12.7. The van der Waals surface area contributed by atoms with E-state index in [1.807, 2.05) is 18.2 Å². The molecule has 2 aliphatic rings. The first-order chi connectivity index (χ1) is 25.4. The normalized spacial score (nSPS) is 15.5. The maximum atomic E-state index is 13.3. The summed E-state index contributed by atoms with van der Waals surface area (Å²) < 4.78 is 29.8. The van der Waals surface area contributed by atoms with Gasteiger partial charge in [0.2, 0.25) is 10.0 Å². The first kappa shape index (κ1) is 40.7. The molecule has 3 heterocycles. The molecular formula is C40H57N9O4S. The Morgan fingerprint density at radius 3 is 2.19 bits per heavy atom. The zero-order valence-electron chi connectivity index (χ0n) is 32.5. The van der Waals surface area contributed by atoms with Gasteiger partial charge in [-0.05, 0) is 105 Å². The first-order valence-electron chi connectivity index (χ1n) is 18.8. The highest BCUT2D eigenvalue weighted by Gasteiger charge is 2.37. The van der Waals surface area contributed by atoms with E-state index in [0.29, 0.717) is 53.8 Å². The molecule has 1 aliphatic heterocycles. The fourth-order valence-electron chi connectivity index (χ4n) is 6.30. The lowest BCUT2D eigenvalue weighted by Gasteiger charge is -2.34. The zero-order valence-corrected chi connectivity index (χ0v) is 33.3. The highest BCUT2D eigenvalue weighted by Crippen LogP contribution is 2.34. The molecule has 14 heteroatoms. The largest absolute Gasteiger partial charge is 0.370 e. The van der Waals surface area contributed by atoms with E-state index in [2.05, 4.69) is 67.1 Å². The van der Waals surface area contributed by atoms with E-state index in [4.69, 9.17) is 11.5 Å². The second-order valence-electron chi connectivity index (χ2n) is 16.4. The van der Waals surface area contributed by atoms with Crippen LogP contribution < -0.4 is 27.8 Å². The number of carbonyl (C=O) groups excluding carboxylic acids is 1. The predicted octanol–water partition coefficient (Wildman–Crippen LogP) is 4.54. The van der Waals surface area contributed by atoms with Crippen molar-refractivity contribution in [2.45, 2.75) is 95.4 Å². The van der Waals surface area contributed by atoms with E-state index in [1.54, 1.807) is 46.9 Å². The number of piperidine rings is 1. The van der Waals surface area contributed by atoms with Gasteiger partial charge in [0.1, 0.15) is 5.65 Å². The quantitative estimate of drug-likeness (QED) is 0.0836. The summed E-state index contributed by atoms with van der Waals surface area (Å²) in [6.45, 7) is 16.1. The first-order valence-corrected chi connectivity index (χ1v) is 20.3. The molecule has 0 radical (unpaired) electrons. The molecule has 7 N–H and O–H groups in total. The number of carbonyl (C=O) groups is 1. The van der Waals surface area contributed by atoms with Crippen LogP contribution >= 0.6 is 0 Å². The molecule has 2 fully saturated rings. The highest BCUT2D eigenvalue weighted by molar-refractivity contribution is 7.89. The van der Waals surface area contributed by atoms with Crippen molar-refractivity contribution in [3.05, 3.63) is 88.1 Å². The molecule has 1 aliphatic carbocycles. The lowest BCUT2D eigenvalue weighted by atomic mass is 9.87. The zero-order chi connectivity index (χ0) is 39.3. The van der Waals surface area contributed by atoms with Crippen LogP contribution in [0.1, 0.15) is 95.3 Å². The highest BCUT2D eigenvalue weighted by atomic mass is 32.2. The number of nitrogens with zero attached hydrogens (tertiary/aromatic N) is 4. The van der Waals surface area contributed by atoms with Gasteiger partial charge in [0, 0.05) is 53.9 Å². The molecule has 1 saturated heterocycles. The summed E-state index contributed by atoms with van der Waals surface area (Å²) in [5, 5.41) is 6.99. The van der Waals surface area contributed by atoms with Crippen molar-refractivity contribution in [3.63, 3.8) is 0 Å². The number of guanidine groups is 1. The lowest BCUT2D eigenvalue weighted by molar-refractivity contribution is 0.0953. The van der Waals surface area contributed by atoms with Gasteiger partial charge in [0.15, 0.2) is 5.96 Å². The van der Waals surface area contributed by atoms with Crippen LogP contribution in [0.4, 0.5) is 0 Å². The van der Waals surface area contributed by atoms with Crippen molar-refractivity contribution in [1.82, 2.24) is 29.5 Å². The number of benzene rings is 2. The average molecular weight is 760 g/mol. The van der Waals surface area contributed by atoms with E-state index in [-0.39, 0.29) is 34.4 Å². The minimum Gasteiger partial charge on any atom is -0.370 e. The van der Waals surface area contributed by atoms with Gasteiger partial charge in [-0.1, -0.05) is 53.7 Å². The third-order valence-electron chi connectivity index (χ3n) is 9.82. The standard InChI is InChI=1S/C21H27N7O2.C19H30N2O2S/c1-21(2,3)16-11-14-12-28(20(30)27-17(14)26-16)15-7-5-13(6-8-15)18(29)24-9-4-10-25-19(22)23;1-19(2,3)16-6-8-18(9-7-16)24(22,23)21(14-15-4-5-15)17-10-12-20-13-11-17/h5-8,11-12H,4,9-10H2,1-3H3,(H,24,29)(H4,22,23,25)(H,26,27,30);6-9,15,17,20H,4-5,10-14H2,1-3H3. The van der Waals surface area contributed by atoms with E-state index < -0.39 is 10.0 Å². The Hall–Kier alpha value is -4.53. The molecule has 0 atom stereocenters. The third-order valence-corrected chi connectivity index (χ3v) is 11.7. The molecule has 2 aromatic heterocycles. The van der Waals surface area contributed by atoms with Gasteiger partial charge in [-0.3, -0.25) is 14.4 Å². The second kappa shape index (κ2) is 16.9. The molecule has 292 valence electrons. The number of amides is 1. The number of sulfonamides is 1. The van der Waals surface area contributed by atoms with Gasteiger partial charge in [-0.15, -0.1) is 0 Å². The molecule has 13 nitrogen and oxygen atoms in total. The molecule has 1 saturated carbocycles. The molecule has 2 aromatic carbocycles. The number of rotatable bonds is 11. The van der Waals surface area contributed by atoms with Crippen LogP contribution in [0.2, 0.25) is 0 Å². The summed E-state index contributed by atoms with van der Waals surface area (Å²) in [7, 11) is -3.41. The van der Waals surface area contributed by atoms with Crippen molar-refractivity contribution in [1.29, 1.82) is 0 Å². The Bertz CT molecular complexity index is 2080. The maximum absolute atomic E-state index is 13.3. The number of nitrogens with two attached hydrogens (primary N) is 2. The SMILES string of the molecule is CC(C)(C)c1cc2cn(-c3ccc(C(=O)NCCCN=C(N)N)cc3)c(=O)nc2[nH]1.CC(C)(C)c1ccc(S(=O)(=O)N(CC2CC2)C2CCNCC2)cc1. The average Bonchev–Trinajstić information content (AvgIpc) is 3.85. The summed E-state index contributed by atoms with van der Waals surface area (Å²) in [6, 6.07) is 16.4. The van der Waals surface area contributed by atoms with Crippen LogP contribution in [-0.4, -0.2) is 77.9 Å². The smallest absolute Gasteiger partial charge is 0.354 e. The summed E-state index contributed by atoms with van der Waals surface area (Å²) in [5.74, 6) is 0.394. The summed E-state index contributed by atoms with van der Waals surface area (Å²) in [5.41, 5.74) is 14.0. The Morgan fingerprint density at radius 2 is 1.61 bits per heavy atom. The molecule has 0 bridgehead atoms. The molecule has 0 unspecified atom stereocenters. The number of nitrogens with one attached hydrogen (secondary N) is 3. The lowest BCUT2D eigenvalue weighted by Crippen LogP contribution is -2.46. The van der Waals surface area contributed by atoms with Crippen LogP contribution in [0.15, 0.2) is 75.5 Å². The van der Waals surface area contributed by atoms with Gasteiger partial charge in [0.05, 0.1) is 10.6 Å². The third kappa shape index (κ3) is 10.6. The number of fused-ring (bicyclic) bond motifs is 1. The maximum Gasteiger partial charge on any atom is 0.354 e. The summed E-state index contributed by atoms with van der Waals surface area (Å²) in [4.78, 5) is 36.4. The van der Waals surface area contributed by atoms with E-state index in [1.165, 1.54) is 17.4 Å². The Morgan fingerprint density at radius 1 is 0.963 bits per heavy atom. The van der Waals surface area contributed by atoms with Gasteiger partial charge in [0.25, 0.3) is 5.91 Å². The second-order valence-corrected chi connectivity index (χ2v) is 18.3. The Balaban J connectivity index is 0.000000213. The van der Waals surface area contributed by atoms with E-state index >= 15 is 0 Å². The predicted molar refractivity (Wildman–Crippen MR) is 216 cm³/mol. The van der Waals surface area contributed by atoms with Crippen molar-refractivity contribution in [2.75, 3.05) is 32.7 Å². The van der Waals surface area contributed by atoms with Gasteiger partial charge in [-0.25, -0.2) is 13.2 Å². The molecular weight excluding hydrogens is 703 g/mol. The van der Waals surface area contributed by atoms with Gasteiger partial charge < -0.3 is 27.1 Å². The number of hydrogen-bond donors (Lipinski definition) is 5. The van der Waals surface area contributed by atoms with Crippen LogP contribution in [0.3, 0.4) is 0 Å². The summed E-state index contributed by atoms with van der Waals surface area (Å²) in [6.07, 6.45) is 6.54. The molecule has 54 heavy (non-hydrogen) atoms. The topological polar surface area (TPSA) is 194 Å². The van der Waals surface area contributed by atoms with Crippen molar-refractivity contribution in [3.8, 4) is 5.69 Å². The fraction of sp³-hybridized carbons (Fsp3) is 0.500. The van der Waals surface area contributed by atoms with Gasteiger partial charge >= 0.3 is 5.69 Å². The number of aromatic amines is 1. The van der Waals surface area contributed by atoms with Crippen LogP contribution in [0, 0.1) is 5.92 Å². The fourth-order valence-corrected chi connectivity index (χ4v) is 8.06.